The predicted molar refractivity (Wildman–Crippen MR) is 70.9 cm³/mol. The normalized spacial score (nSPS) is 18.8. The Hall–Kier alpha value is -1.55. The van der Waals surface area contributed by atoms with Gasteiger partial charge >= 0.3 is 0 Å². The van der Waals surface area contributed by atoms with Crippen molar-refractivity contribution in [3.63, 3.8) is 0 Å². The Balaban J connectivity index is 1.84. The first kappa shape index (κ1) is 12.9. The van der Waals surface area contributed by atoms with Gasteiger partial charge in [0.25, 0.3) is 0 Å². The number of hydrogen-bond acceptors (Lipinski definition) is 3. The maximum Gasteiger partial charge on any atom is 0.225 e. The Morgan fingerprint density at radius 2 is 2.17 bits per heavy atom. The van der Waals surface area contributed by atoms with Crippen LogP contribution in [0.3, 0.4) is 0 Å². The first-order valence-corrected chi connectivity index (χ1v) is 6.35. The summed E-state index contributed by atoms with van der Waals surface area (Å²) < 4.78 is 5.48. The van der Waals surface area contributed by atoms with Crippen molar-refractivity contribution in [1.82, 2.24) is 4.90 Å². The number of amides is 1. The van der Waals surface area contributed by atoms with Crippen LogP contribution in [0, 0.1) is 0 Å². The van der Waals surface area contributed by atoms with Crippen LogP contribution in [0.1, 0.15) is 24.8 Å². The molecule has 0 spiro atoms. The number of carbonyl (C=O) groups is 1. The van der Waals surface area contributed by atoms with Crippen LogP contribution in [0.25, 0.3) is 0 Å². The van der Waals surface area contributed by atoms with Crippen molar-refractivity contribution in [2.75, 3.05) is 19.4 Å². The van der Waals surface area contributed by atoms with Crippen LogP contribution >= 0.6 is 0 Å². The number of carbonyl (C=O) groups excluding carboxylic acids is 1. The van der Waals surface area contributed by atoms with Gasteiger partial charge in [-0.1, -0.05) is 12.1 Å². The molecule has 2 rings (SSSR count). The Kier molecular flexibility index (Phi) is 4.20. The zero-order chi connectivity index (χ0) is 13.0. The fourth-order valence-corrected chi connectivity index (χ4v) is 2.14. The molecule has 2 N–H and O–H groups in total. The Bertz CT molecular complexity index is 397. The summed E-state index contributed by atoms with van der Waals surface area (Å²) in [5.74, 6) is 0.138. The highest BCUT2D eigenvalue weighted by Gasteiger charge is 2.21. The summed E-state index contributed by atoms with van der Waals surface area (Å²) in [4.78, 5) is 13.7. The number of nitrogen functional groups attached to an aromatic ring is 1. The van der Waals surface area contributed by atoms with E-state index in [-0.39, 0.29) is 12.0 Å². The topological polar surface area (TPSA) is 55.6 Å². The van der Waals surface area contributed by atoms with E-state index < -0.39 is 0 Å². The molecule has 4 nitrogen and oxygen atoms in total. The van der Waals surface area contributed by atoms with Crippen LogP contribution in [-0.2, 0) is 16.1 Å². The van der Waals surface area contributed by atoms with Crippen molar-refractivity contribution < 1.29 is 9.53 Å². The maximum atomic E-state index is 12.0. The van der Waals surface area contributed by atoms with Gasteiger partial charge in [0.2, 0.25) is 5.91 Å². The second-order valence-corrected chi connectivity index (χ2v) is 4.83. The van der Waals surface area contributed by atoms with E-state index in [0.29, 0.717) is 13.0 Å². The summed E-state index contributed by atoms with van der Waals surface area (Å²) in [6, 6.07) is 7.61. The molecule has 98 valence electrons. The zero-order valence-electron chi connectivity index (χ0n) is 10.8. The molecule has 1 unspecified atom stereocenters. The molecule has 1 amide bonds. The van der Waals surface area contributed by atoms with Crippen LogP contribution in [0.15, 0.2) is 24.3 Å². The lowest BCUT2D eigenvalue weighted by molar-refractivity contribution is -0.132. The molecule has 1 aromatic rings. The number of anilines is 1. The second kappa shape index (κ2) is 5.87. The molecule has 1 aliphatic rings. The average Bonchev–Trinajstić information content (AvgIpc) is 2.85. The van der Waals surface area contributed by atoms with Crippen molar-refractivity contribution in [2.45, 2.75) is 31.9 Å². The van der Waals surface area contributed by atoms with Gasteiger partial charge in [-0.3, -0.25) is 4.79 Å². The van der Waals surface area contributed by atoms with Gasteiger partial charge in [-0.2, -0.15) is 0 Å². The quantitative estimate of drug-likeness (QED) is 0.827. The summed E-state index contributed by atoms with van der Waals surface area (Å²) in [6.07, 6.45) is 2.68. The first-order chi connectivity index (χ1) is 8.65. The van der Waals surface area contributed by atoms with E-state index >= 15 is 0 Å². The lowest BCUT2D eigenvalue weighted by Crippen LogP contribution is -2.29. The summed E-state index contributed by atoms with van der Waals surface area (Å²) >= 11 is 0. The van der Waals surface area contributed by atoms with Crippen molar-refractivity contribution in [2.24, 2.45) is 0 Å². The smallest absolute Gasteiger partial charge is 0.225 e. The molecule has 1 aromatic carbocycles. The molecule has 18 heavy (non-hydrogen) atoms. The van der Waals surface area contributed by atoms with E-state index in [9.17, 15) is 4.79 Å². The molecular formula is C14H20N2O2. The molecule has 0 aromatic heterocycles. The Morgan fingerprint density at radius 3 is 2.78 bits per heavy atom. The number of benzene rings is 1. The summed E-state index contributed by atoms with van der Waals surface area (Å²) in [6.45, 7) is 1.41. The third-order valence-electron chi connectivity index (χ3n) is 3.25. The van der Waals surface area contributed by atoms with Gasteiger partial charge in [-0.05, 0) is 30.5 Å². The minimum absolute atomic E-state index is 0.117. The standard InChI is InChI=1S/C14H20N2O2/c1-16(10-11-4-6-12(15)7-5-11)14(17)9-13-3-2-8-18-13/h4-7,13H,2-3,8-10,15H2,1H3. The average molecular weight is 248 g/mol. The van der Waals surface area contributed by atoms with Crippen molar-refractivity contribution in [3.05, 3.63) is 29.8 Å². The van der Waals surface area contributed by atoms with Crippen molar-refractivity contribution in [1.29, 1.82) is 0 Å². The fraction of sp³-hybridized carbons (Fsp3) is 0.500. The molecule has 0 bridgehead atoms. The fourth-order valence-electron chi connectivity index (χ4n) is 2.14. The molecule has 1 heterocycles. The van der Waals surface area contributed by atoms with Gasteiger partial charge in [0, 0.05) is 25.9 Å². The van der Waals surface area contributed by atoms with E-state index in [2.05, 4.69) is 0 Å². The molecule has 0 aliphatic carbocycles. The van der Waals surface area contributed by atoms with Gasteiger partial charge < -0.3 is 15.4 Å². The number of nitrogens with two attached hydrogens (primary N) is 1. The Labute approximate surface area is 108 Å². The first-order valence-electron chi connectivity index (χ1n) is 6.35. The van der Waals surface area contributed by atoms with Gasteiger partial charge in [0.1, 0.15) is 0 Å². The molecule has 4 heteroatoms. The van der Waals surface area contributed by atoms with Crippen molar-refractivity contribution in [3.8, 4) is 0 Å². The van der Waals surface area contributed by atoms with Crippen LogP contribution in [0.4, 0.5) is 5.69 Å². The van der Waals surface area contributed by atoms with Crippen LogP contribution in [-0.4, -0.2) is 30.6 Å². The third kappa shape index (κ3) is 3.47. The minimum atomic E-state index is 0.117. The third-order valence-corrected chi connectivity index (χ3v) is 3.25. The van der Waals surface area contributed by atoms with E-state index in [0.717, 1.165) is 30.7 Å². The number of hydrogen-bond donors (Lipinski definition) is 1. The van der Waals surface area contributed by atoms with Gasteiger partial charge in [-0.25, -0.2) is 0 Å². The number of nitrogens with zero attached hydrogens (tertiary/aromatic N) is 1. The van der Waals surface area contributed by atoms with Crippen LogP contribution < -0.4 is 5.73 Å². The van der Waals surface area contributed by atoms with Crippen LogP contribution in [0.5, 0.6) is 0 Å². The molecule has 1 atom stereocenters. The van der Waals surface area contributed by atoms with Gasteiger partial charge in [0.15, 0.2) is 0 Å². The summed E-state index contributed by atoms with van der Waals surface area (Å²) in [7, 11) is 1.83. The minimum Gasteiger partial charge on any atom is -0.399 e. The highest BCUT2D eigenvalue weighted by Crippen LogP contribution is 2.17. The highest BCUT2D eigenvalue weighted by molar-refractivity contribution is 5.76. The molecule has 1 saturated heterocycles. The summed E-state index contributed by atoms with van der Waals surface area (Å²) in [5.41, 5.74) is 7.46. The largest absolute Gasteiger partial charge is 0.399 e. The monoisotopic (exact) mass is 248 g/mol. The SMILES string of the molecule is CN(Cc1ccc(N)cc1)C(=O)CC1CCCO1. The molecule has 0 radical (unpaired) electrons. The van der Waals surface area contributed by atoms with Gasteiger partial charge in [-0.15, -0.1) is 0 Å². The summed E-state index contributed by atoms with van der Waals surface area (Å²) in [5, 5.41) is 0. The molecule has 0 saturated carbocycles. The van der Waals surface area contributed by atoms with E-state index in [1.54, 1.807) is 4.90 Å². The van der Waals surface area contributed by atoms with Crippen molar-refractivity contribution >= 4 is 11.6 Å². The van der Waals surface area contributed by atoms with E-state index in [1.165, 1.54) is 0 Å². The van der Waals surface area contributed by atoms with Crippen LogP contribution in [0.2, 0.25) is 0 Å². The Morgan fingerprint density at radius 1 is 1.44 bits per heavy atom. The van der Waals surface area contributed by atoms with E-state index in [4.69, 9.17) is 10.5 Å². The lowest BCUT2D eigenvalue weighted by atomic mass is 10.1. The highest BCUT2D eigenvalue weighted by atomic mass is 16.5. The number of rotatable bonds is 4. The molecule has 1 aliphatic heterocycles. The van der Waals surface area contributed by atoms with Gasteiger partial charge in [0.05, 0.1) is 12.5 Å². The molecule has 1 fully saturated rings. The zero-order valence-corrected chi connectivity index (χ0v) is 10.8. The molecular weight excluding hydrogens is 228 g/mol. The van der Waals surface area contributed by atoms with E-state index in [1.807, 2.05) is 31.3 Å². The maximum absolute atomic E-state index is 12.0. The predicted octanol–water partition coefficient (Wildman–Crippen LogP) is 1.80. The second-order valence-electron chi connectivity index (χ2n) is 4.83. The lowest BCUT2D eigenvalue weighted by Gasteiger charge is -2.19. The number of ether oxygens (including phenoxy) is 1.